The highest BCUT2D eigenvalue weighted by molar-refractivity contribution is 8.18. The summed E-state index contributed by atoms with van der Waals surface area (Å²) in [5.74, 6) is -1.29. The Kier molecular flexibility index (Phi) is 4.72. The van der Waals surface area contributed by atoms with Gasteiger partial charge < -0.3 is 10.4 Å². The van der Waals surface area contributed by atoms with E-state index in [1.807, 2.05) is 44.2 Å². The number of benzene rings is 2. The Morgan fingerprint density at radius 2 is 1.96 bits per heavy atom. The van der Waals surface area contributed by atoms with Gasteiger partial charge in [-0.1, -0.05) is 30.3 Å². The molecule has 1 fully saturated rings. The Hall–Kier alpha value is -2.86. The highest BCUT2D eigenvalue weighted by Gasteiger charge is 2.24. The van der Waals surface area contributed by atoms with E-state index in [2.05, 4.69) is 10.3 Å². The lowest BCUT2D eigenvalue weighted by atomic mass is 10.1. The molecule has 2 aromatic carbocycles. The molecular formula is C19H16N2O3S. The number of nitrogens with zero attached hydrogens (tertiary/aromatic N) is 1. The zero-order valence-corrected chi connectivity index (χ0v) is 14.6. The van der Waals surface area contributed by atoms with Gasteiger partial charge in [-0.05, 0) is 60.5 Å². The zero-order chi connectivity index (χ0) is 18.0. The van der Waals surface area contributed by atoms with Gasteiger partial charge in [0.2, 0.25) is 0 Å². The number of aliphatic imine (C=N–C) groups is 1. The third-order valence-corrected chi connectivity index (χ3v) is 4.64. The van der Waals surface area contributed by atoms with Crippen molar-refractivity contribution >= 4 is 40.6 Å². The molecule has 5 nitrogen and oxygen atoms in total. The molecule has 1 heterocycles. The third-order valence-electron chi connectivity index (χ3n) is 3.73. The molecule has 0 unspecified atom stereocenters. The lowest BCUT2D eigenvalue weighted by molar-refractivity contribution is -0.115. The van der Waals surface area contributed by atoms with E-state index in [0.717, 1.165) is 16.7 Å². The van der Waals surface area contributed by atoms with Crippen LogP contribution in [0.5, 0.6) is 0 Å². The minimum Gasteiger partial charge on any atom is -0.478 e. The van der Waals surface area contributed by atoms with Crippen LogP contribution in [0.15, 0.2) is 52.4 Å². The Balaban J connectivity index is 1.93. The molecule has 0 spiro atoms. The van der Waals surface area contributed by atoms with Crippen LogP contribution in [0.25, 0.3) is 6.08 Å². The summed E-state index contributed by atoms with van der Waals surface area (Å²) in [7, 11) is 0. The van der Waals surface area contributed by atoms with Gasteiger partial charge in [0.1, 0.15) is 0 Å². The van der Waals surface area contributed by atoms with Crippen LogP contribution in [-0.4, -0.2) is 22.2 Å². The van der Waals surface area contributed by atoms with E-state index in [4.69, 9.17) is 0 Å². The van der Waals surface area contributed by atoms with Gasteiger partial charge in [0, 0.05) is 0 Å². The summed E-state index contributed by atoms with van der Waals surface area (Å²) in [6, 6.07) is 12.7. The Morgan fingerprint density at radius 1 is 1.20 bits per heavy atom. The molecule has 0 radical (unpaired) electrons. The van der Waals surface area contributed by atoms with Crippen molar-refractivity contribution in [2.45, 2.75) is 13.8 Å². The Bertz CT molecular complexity index is 932. The van der Waals surface area contributed by atoms with Crippen molar-refractivity contribution in [1.29, 1.82) is 0 Å². The van der Waals surface area contributed by atoms with E-state index < -0.39 is 5.97 Å². The van der Waals surface area contributed by atoms with Crippen molar-refractivity contribution in [3.05, 3.63) is 69.6 Å². The van der Waals surface area contributed by atoms with Gasteiger partial charge in [-0.3, -0.25) is 4.79 Å². The third kappa shape index (κ3) is 3.80. The van der Waals surface area contributed by atoms with Crippen LogP contribution < -0.4 is 5.32 Å². The summed E-state index contributed by atoms with van der Waals surface area (Å²) in [4.78, 5) is 28.4. The van der Waals surface area contributed by atoms with E-state index in [-0.39, 0.29) is 11.5 Å². The number of carboxylic acids is 1. The summed E-state index contributed by atoms with van der Waals surface area (Å²) < 4.78 is 0. The van der Waals surface area contributed by atoms with Crippen molar-refractivity contribution in [2.24, 2.45) is 4.99 Å². The molecule has 0 aromatic heterocycles. The van der Waals surface area contributed by atoms with Gasteiger partial charge in [0.05, 0.1) is 16.2 Å². The predicted octanol–water partition coefficient (Wildman–Crippen LogP) is 3.89. The number of hydrogen-bond acceptors (Lipinski definition) is 4. The van der Waals surface area contributed by atoms with Crippen LogP contribution in [-0.2, 0) is 4.79 Å². The van der Waals surface area contributed by atoms with Crippen LogP contribution >= 0.6 is 11.8 Å². The second-order valence-corrected chi connectivity index (χ2v) is 6.69. The van der Waals surface area contributed by atoms with E-state index in [9.17, 15) is 14.7 Å². The lowest BCUT2D eigenvalue weighted by Crippen LogP contribution is -2.19. The van der Waals surface area contributed by atoms with E-state index >= 15 is 0 Å². The first-order valence-corrected chi connectivity index (χ1v) is 8.45. The monoisotopic (exact) mass is 352 g/mol. The minimum atomic E-state index is -1.05. The fourth-order valence-corrected chi connectivity index (χ4v) is 3.22. The molecule has 1 aliphatic heterocycles. The number of carbonyl (C=O) groups is 2. The molecule has 0 atom stereocenters. The highest BCUT2D eigenvalue weighted by atomic mass is 32.2. The molecule has 0 saturated carbocycles. The van der Waals surface area contributed by atoms with Crippen LogP contribution in [0.4, 0.5) is 5.69 Å². The normalized spacial score (nSPS) is 17.1. The molecule has 0 bridgehead atoms. The molecule has 2 aromatic rings. The summed E-state index contributed by atoms with van der Waals surface area (Å²) in [5, 5.41) is 12.3. The number of amides is 1. The van der Waals surface area contributed by atoms with Crippen molar-refractivity contribution in [2.75, 3.05) is 0 Å². The highest BCUT2D eigenvalue weighted by Crippen LogP contribution is 2.30. The predicted molar refractivity (Wildman–Crippen MR) is 100 cm³/mol. The molecule has 6 heteroatoms. The number of amidine groups is 1. The standard InChI is InChI=1S/C19H16N2O3S/c1-11-7-8-14(18(23)24)15(9-11)20-19-21-17(22)16(25-19)10-13-6-4-3-5-12(13)2/h3-10H,1-2H3,(H,23,24)(H,20,21,22)/b16-10-. The zero-order valence-electron chi connectivity index (χ0n) is 13.7. The van der Waals surface area contributed by atoms with E-state index in [1.54, 1.807) is 12.1 Å². The second-order valence-electron chi connectivity index (χ2n) is 5.66. The summed E-state index contributed by atoms with van der Waals surface area (Å²) >= 11 is 1.20. The lowest BCUT2D eigenvalue weighted by Gasteiger charge is -2.03. The number of rotatable bonds is 3. The maximum absolute atomic E-state index is 12.2. The van der Waals surface area contributed by atoms with Gasteiger partial charge in [0.25, 0.3) is 5.91 Å². The van der Waals surface area contributed by atoms with Gasteiger partial charge in [-0.25, -0.2) is 9.79 Å². The van der Waals surface area contributed by atoms with Crippen LogP contribution in [0.1, 0.15) is 27.0 Å². The van der Waals surface area contributed by atoms with E-state index in [0.29, 0.717) is 15.8 Å². The fourth-order valence-electron chi connectivity index (χ4n) is 2.39. The van der Waals surface area contributed by atoms with Crippen molar-refractivity contribution < 1.29 is 14.7 Å². The number of aromatic carboxylic acids is 1. The number of carbonyl (C=O) groups excluding carboxylic acids is 1. The van der Waals surface area contributed by atoms with Crippen molar-refractivity contribution in [3.8, 4) is 0 Å². The second kappa shape index (κ2) is 6.94. The first kappa shape index (κ1) is 17.0. The van der Waals surface area contributed by atoms with Crippen molar-refractivity contribution in [3.63, 3.8) is 0 Å². The molecular weight excluding hydrogens is 336 g/mol. The van der Waals surface area contributed by atoms with Gasteiger partial charge in [0.15, 0.2) is 5.17 Å². The van der Waals surface area contributed by atoms with Crippen LogP contribution in [0.3, 0.4) is 0 Å². The summed E-state index contributed by atoms with van der Waals surface area (Å²) in [5.41, 5.74) is 3.36. The number of carboxylic acid groups (broad SMARTS) is 1. The van der Waals surface area contributed by atoms with Gasteiger partial charge >= 0.3 is 5.97 Å². The van der Waals surface area contributed by atoms with E-state index in [1.165, 1.54) is 17.8 Å². The first-order valence-electron chi connectivity index (χ1n) is 7.63. The average Bonchev–Trinajstić information content (AvgIpc) is 2.89. The largest absolute Gasteiger partial charge is 0.478 e. The number of aryl methyl sites for hydroxylation is 2. The molecule has 3 rings (SSSR count). The number of nitrogens with one attached hydrogen (secondary N) is 1. The molecule has 0 aliphatic carbocycles. The molecule has 1 saturated heterocycles. The summed E-state index contributed by atoms with van der Waals surface area (Å²) in [6.07, 6.45) is 1.81. The SMILES string of the molecule is Cc1ccc(C(=O)O)c(N=C2NC(=O)/C(=C/c3ccccc3C)S2)c1. The minimum absolute atomic E-state index is 0.101. The Morgan fingerprint density at radius 3 is 2.68 bits per heavy atom. The molecule has 1 amide bonds. The molecule has 2 N–H and O–H groups in total. The summed E-state index contributed by atoms with van der Waals surface area (Å²) in [6.45, 7) is 3.84. The molecule has 1 aliphatic rings. The van der Waals surface area contributed by atoms with Crippen LogP contribution in [0, 0.1) is 13.8 Å². The average molecular weight is 352 g/mol. The maximum atomic E-state index is 12.2. The fraction of sp³-hybridized carbons (Fsp3) is 0.105. The number of thioether (sulfide) groups is 1. The van der Waals surface area contributed by atoms with Gasteiger partial charge in [-0.2, -0.15) is 0 Å². The quantitative estimate of drug-likeness (QED) is 0.821. The first-order chi connectivity index (χ1) is 11.9. The van der Waals surface area contributed by atoms with Gasteiger partial charge in [-0.15, -0.1) is 0 Å². The topological polar surface area (TPSA) is 78.8 Å². The Labute approximate surface area is 149 Å². The maximum Gasteiger partial charge on any atom is 0.337 e. The molecule has 25 heavy (non-hydrogen) atoms. The number of hydrogen-bond donors (Lipinski definition) is 2. The molecule has 126 valence electrons. The smallest absolute Gasteiger partial charge is 0.337 e. The van der Waals surface area contributed by atoms with Crippen LogP contribution in [0.2, 0.25) is 0 Å². The van der Waals surface area contributed by atoms with Crippen molar-refractivity contribution in [1.82, 2.24) is 5.32 Å².